The lowest BCUT2D eigenvalue weighted by Gasteiger charge is -2.42. The molecule has 1 aliphatic rings. The summed E-state index contributed by atoms with van der Waals surface area (Å²) < 4.78 is 26.7. The van der Waals surface area contributed by atoms with Crippen LogP contribution in [0.15, 0.2) is 0 Å². The molecule has 0 unspecified atom stereocenters. The largest absolute Gasteiger partial charge is 0.317 e. The predicted molar refractivity (Wildman–Crippen MR) is 60.3 cm³/mol. The van der Waals surface area contributed by atoms with E-state index in [1.807, 2.05) is 32.6 Å². The minimum absolute atomic E-state index is 0.126. The SMILES string of the molecule is CC.CCN1CCN(C(C)C)CC1(F)F. The van der Waals surface area contributed by atoms with Crippen LogP contribution >= 0.6 is 0 Å². The first kappa shape index (κ1) is 14.8. The maximum atomic E-state index is 13.4. The van der Waals surface area contributed by atoms with E-state index in [9.17, 15) is 8.78 Å². The van der Waals surface area contributed by atoms with Gasteiger partial charge < -0.3 is 0 Å². The number of halogens is 2. The third kappa shape index (κ3) is 4.03. The number of nitrogens with zero attached hydrogens (tertiary/aromatic N) is 2. The Kier molecular flexibility index (Phi) is 6.29. The van der Waals surface area contributed by atoms with E-state index in [1.165, 1.54) is 4.90 Å². The molecule has 1 rings (SSSR count). The summed E-state index contributed by atoms with van der Waals surface area (Å²) in [7, 11) is 0. The Morgan fingerprint density at radius 3 is 2.07 bits per heavy atom. The van der Waals surface area contributed by atoms with Crippen molar-refractivity contribution in [2.45, 2.75) is 46.7 Å². The van der Waals surface area contributed by atoms with E-state index in [1.54, 1.807) is 6.92 Å². The average molecular weight is 222 g/mol. The summed E-state index contributed by atoms with van der Waals surface area (Å²) in [6.07, 6.45) is 0. The van der Waals surface area contributed by atoms with Crippen LogP contribution in [-0.4, -0.2) is 48.1 Å². The smallest absolute Gasteiger partial charge is 0.293 e. The zero-order chi connectivity index (χ0) is 12.1. The van der Waals surface area contributed by atoms with Gasteiger partial charge in [0.15, 0.2) is 0 Å². The molecule has 0 aliphatic carbocycles. The summed E-state index contributed by atoms with van der Waals surface area (Å²) in [5, 5.41) is 0. The quantitative estimate of drug-likeness (QED) is 0.663. The van der Waals surface area contributed by atoms with Gasteiger partial charge in [-0.25, -0.2) is 4.90 Å². The standard InChI is InChI=1S/C9H18F2N2.C2H6/c1-4-13-6-5-12(8(2)3)7-9(13,10)11;1-2/h8H,4-7H2,1-3H3;1-2H3. The Morgan fingerprint density at radius 1 is 1.20 bits per heavy atom. The minimum Gasteiger partial charge on any atom is -0.293 e. The van der Waals surface area contributed by atoms with Crippen molar-refractivity contribution in [2.24, 2.45) is 0 Å². The molecular formula is C11H24F2N2. The van der Waals surface area contributed by atoms with Gasteiger partial charge in [0.05, 0.1) is 6.54 Å². The second-order valence-corrected chi connectivity index (χ2v) is 3.81. The van der Waals surface area contributed by atoms with Crippen LogP contribution in [0.25, 0.3) is 0 Å². The van der Waals surface area contributed by atoms with Crippen LogP contribution in [0.4, 0.5) is 8.78 Å². The van der Waals surface area contributed by atoms with Gasteiger partial charge in [-0.05, 0) is 13.8 Å². The van der Waals surface area contributed by atoms with Gasteiger partial charge in [-0.1, -0.05) is 20.8 Å². The molecule has 1 fully saturated rings. The highest BCUT2D eigenvalue weighted by Gasteiger charge is 2.41. The maximum absolute atomic E-state index is 13.4. The molecule has 92 valence electrons. The molecule has 0 saturated carbocycles. The van der Waals surface area contributed by atoms with E-state index in [0.29, 0.717) is 13.1 Å². The summed E-state index contributed by atoms with van der Waals surface area (Å²) >= 11 is 0. The molecule has 0 spiro atoms. The third-order valence-corrected chi connectivity index (χ3v) is 2.63. The van der Waals surface area contributed by atoms with Gasteiger partial charge in [-0.3, -0.25) is 4.90 Å². The summed E-state index contributed by atoms with van der Waals surface area (Å²) in [6.45, 7) is 11.2. The molecule has 0 aromatic rings. The molecule has 0 amide bonds. The van der Waals surface area contributed by atoms with E-state index in [-0.39, 0.29) is 12.6 Å². The predicted octanol–water partition coefficient (Wildman–Crippen LogP) is 2.65. The molecule has 0 bridgehead atoms. The monoisotopic (exact) mass is 222 g/mol. The Labute approximate surface area is 92.2 Å². The lowest BCUT2D eigenvalue weighted by atomic mass is 10.2. The van der Waals surface area contributed by atoms with E-state index < -0.39 is 6.05 Å². The fourth-order valence-electron chi connectivity index (χ4n) is 1.67. The molecule has 0 aromatic heterocycles. The maximum Gasteiger partial charge on any atom is 0.317 e. The summed E-state index contributed by atoms with van der Waals surface area (Å²) in [6, 6.07) is -2.43. The molecule has 0 N–H and O–H groups in total. The van der Waals surface area contributed by atoms with Crippen LogP contribution < -0.4 is 0 Å². The van der Waals surface area contributed by atoms with Crippen LogP contribution in [0.2, 0.25) is 0 Å². The van der Waals surface area contributed by atoms with Crippen LogP contribution in [-0.2, 0) is 0 Å². The molecule has 1 heterocycles. The lowest BCUT2D eigenvalue weighted by molar-refractivity contribution is -0.187. The number of piperazine rings is 1. The molecular weight excluding hydrogens is 198 g/mol. The molecule has 15 heavy (non-hydrogen) atoms. The van der Waals surface area contributed by atoms with Gasteiger partial charge >= 0.3 is 6.05 Å². The number of rotatable bonds is 2. The molecule has 1 saturated heterocycles. The van der Waals surface area contributed by atoms with Crippen molar-refractivity contribution >= 4 is 0 Å². The van der Waals surface area contributed by atoms with E-state index in [2.05, 4.69) is 0 Å². The molecule has 0 radical (unpaired) electrons. The van der Waals surface area contributed by atoms with E-state index in [4.69, 9.17) is 0 Å². The highest BCUT2D eigenvalue weighted by molar-refractivity contribution is 4.81. The van der Waals surface area contributed by atoms with Crippen molar-refractivity contribution in [3.63, 3.8) is 0 Å². The fourth-order valence-corrected chi connectivity index (χ4v) is 1.67. The van der Waals surface area contributed by atoms with E-state index in [0.717, 1.165) is 6.54 Å². The van der Waals surface area contributed by atoms with E-state index >= 15 is 0 Å². The van der Waals surface area contributed by atoms with Crippen LogP contribution in [0, 0.1) is 0 Å². The average Bonchev–Trinajstić information content (AvgIpc) is 2.19. The second kappa shape index (κ2) is 6.38. The number of likely N-dealkylation sites (N-methyl/N-ethyl adjacent to an activating group) is 1. The molecule has 0 atom stereocenters. The first-order valence-corrected chi connectivity index (χ1v) is 5.84. The number of hydrogen-bond acceptors (Lipinski definition) is 2. The summed E-state index contributed by atoms with van der Waals surface area (Å²) in [4.78, 5) is 3.07. The van der Waals surface area contributed by atoms with Gasteiger partial charge in [0.25, 0.3) is 0 Å². The number of hydrogen-bond donors (Lipinski definition) is 0. The Balaban J connectivity index is 0.000000921. The lowest BCUT2D eigenvalue weighted by Crippen LogP contribution is -2.58. The topological polar surface area (TPSA) is 6.48 Å². The fraction of sp³-hybridized carbons (Fsp3) is 1.00. The first-order valence-electron chi connectivity index (χ1n) is 5.84. The van der Waals surface area contributed by atoms with Gasteiger partial charge in [-0.2, -0.15) is 8.78 Å². The van der Waals surface area contributed by atoms with Crippen molar-refractivity contribution < 1.29 is 8.78 Å². The Hall–Kier alpha value is -0.220. The van der Waals surface area contributed by atoms with Gasteiger partial charge in [0.1, 0.15) is 0 Å². The molecule has 4 heteroatoms. The van der Waals surface area contributed by atoms with Crippen molar-refractivity contribution in [3.05, 3.63) is 0 Å². The molecule has 0 aromatic carbocycles. The minimum atomic E-state index is -2.64. The van der Waals surface area contributed by atoms with Gasteiger partial charge in [0, 0.05) is 25.7 Å². The highest BCUT2D eigenvalue weighted by Crippen LogP contribution is 2.25. The molecule has 1 aliphatic heterocycles. The normalized spacial score (nSPS) is 22.4. The number of alkyl halides is 2. The van der Waals surface area contributed by atoms with Crippen molar-refractivity contribution in [1.82, 2.24) is 9.80 Å². The zero-order valence-electron chi connectivity index (χ0n) is 10.6. The molecule has 2 nitrogen and oxygen atoms in total. The highest BCUT2D eigenvalue weighted by atomic mass is 19.3. The van der Waals surface area contributed by atoms with Crippen LogP contribution in [0.1, 0.15) is 34.6 Å². The first-order chi connectivity index (χ1) is 6.97. The Morgan fingerprint density at radius 2 is 1.73 bits per heavy atom. The van der Waals surface area contributed by atoms with Gasteiger partial charge in [-0.15, -0.1) is 0 Å². The summed E-state index contributed by atoms with van der Waals surface area (Å²) in [5.41, 5.74) is 0. The second-order valence-electron chi connectivity index (χ2n) is 3.81. The van der Waals surface area contributed by atoms with Gasteiger partial charge in [0.2, 0.25) is 0 Å². The van der Waals surface area contributed by atoms with Crippen LogP contribution in [0.3, 0.4) is 0 Å². The van der Waals surface area contributed by atoms with Crippen molar-refractivity contribution in [1.29, 1.82) is 0 Å². The Bertz CT molecular complexity index is 172. The zero-order valence-corrected chi connectivity index (χ0v) is 10.6. The van der Waals surface area contributed by atoms with Crippen LogP contribution in [0.5, 0.6) is 0 Å². The third-order valence-electron chi connectivity index (χ3n) is 2.63. The van der Waals surface area contributed by atoms with Crippen molar-refractivity contribution in [2.75, 3.05) is 26.2 Å². The summed E-state index contributed by atoms with van der Waals surface area (Å²) in [5.74, 6) is 0. The van der Waals surface area contributed by atoms with Crippen molar-refractivity contribution in [3.8, 4) is 0 Å².